The fraction of sp³-hybridized carbons (Fsp3) is 0.409. The fourth-order valence-corrected chi connectivity index (χ4v) is 9.27. The van der Waals surface area contributed by atoms with Crippen molar-refractivity contribution in [2.75, 3.05) is 25.5 Å². The van der Waals surface area contributed by atoms with E-state index < -0.39 is 22.9 Å². The average molecular weight is 773 g/mol. The number of allylic oxidation sites excluding steroid dienone is 2. The Labute approximate surface area is 326 Å². The molecule has 0 radical (unpaired) electrons. The lowest BCUT2D eigenvalue weighted by Gasteiger charge is -2.46. The monoisotopic (exact) mass is 772 g/mol. The van der Waals surface area contributed by atoms with Crippen LogP contribution in [0, 0.1) is 11.2 Å². The highest BCUT2D eigenvalue weighted by Crippen LogP contribution is 2.59. The number of fused-ring (bicyclic) bond motifs is 8. The number of rotatable bonds is 10. The Hall–Kier alpha value is -4.02. The number of urea groups is 1. The summed E-state index contributed by atoms with van der Waals surface area (Å²) in [6.45, 7) is 4.66. The number of thiophene rings is 1. The number of hydrogen-bond donors (Lipinski definition) is 3. The zero-order chi connectivity index (χ0) is 38.5. The number of carbonyl (C=O) groups is 2. The highest BCUT2D eigenvalue weighted by atomic mass is 35.5. The summed E-state index contributed by atoms with van der Waals surface area (Å²) in [5, 5.41) is 29.2. The van der Waals surface area contributed by atoms with Gasteiger partial charge in [0.25, 0.3) is 0 Å². The van der Waals surface area contributed by atoms with E-state index in [0.717, 1.165) is 22.4 Å². The van der Waals surface area contributed by atoms with Gasteiger partial charge < -0.3 is 25.2 Å². The first-order valence-electron chi connectivity index (χ1n) is 18.8. The molecule has 1 heterocycles. The van der Waals surface area contributed by atoms with Crippen LogP contribution < -0.4 is 10.1 Å². The molecule has 10 heteroatoms. The minimum atomic E-state index is -1.31. The molecule has 1 aromatic heterocycles. The molecule has 1 fully saturated rings. The maximum absolute atomic E-state index is 15.0. The van der Waals surface area contributed by atoms with Crippen LogP contribution in [0.4, 0.5) is 14.9 Å². The molecule has 0 aliphatic heterocycles. The van der Waals surface area contributed by atoms with Gasteiger partial charge in [-0.15, -0.1) is 11.3 Å². The number of nitrogens with zero attached hydrogens (tertiary/aromatic N) is 1. The van der Waals surface area contributed by atoms with Gasteiger partial charge in [-0.25, -0.2) is 9.18 Å². The Kier molecular flexibility index (Phi) is 12.6. The van der Waals surface area contributed by atoms with Crippen molar-refractivity contribution in [1.29, 1.82) is 0 Å². The summed E-state index contributed by atoms with van der Waals surface area (Å²) in [7, 11) is 1.59. The van der Waals surface area contributed by atoms with Gasteiger partial charge in [0.15, 0.2) is 5.78 Å². The number of Topliss-reactive ketones (excluding diaryl/α,β-unsaturated/α-hetero) is 1. The van der Waals surface area contributed by atoms with Crippen molar-refractivity contribution < 1.29 is 28.9 Å². The maximum Gasteiger partial charge on any atom is 0.321 e. The van der Waals surface area contributed by atoms with Crippen molar-refractivity contribution >= 4 is 40.4 Å². The fourth-order valence-electron chi connectivity index (χ4n) is 8.34. The smallest absolute Gasteiger partial charge is 0.321 e. The third-order valence-electron chi connectivity index (χ3n) is 11.7. The third-order valence-corrected chi connectivity index (χ3v) is 13.0. The summed E-state index contributed by atoms with van der Waals surface area (Å²) in [5.74, 6) is -0.384. The number of ketones is 1. The Morgan fingerprint density at radius 1 is 1.07 bits per heavy atom. The van der Waals surface area contributed by atoms with E-state index in [1.54, 1.807) is 53.7 Å². The summed E-state index contributed by atoms with van der Waals surface area (Å²) >= 11 is 8.03. The second-order valence-electron chi connectivity index (χ2n) is 15.2. The molecule has 7 nitrogen and oxygen atoms in total. The van der Waals surface area contributed by atoms with Crippen LogP contribution in [-0.4, -0.2) is 58.8 Å². The van der Waals surface area contributed by atoms with Gasteiger partial charge in [-0.1, -0.05) is 54.4 Å². The van der Waals surface area contributed by atoms with Crippen LogP contribution in [0.5, 0.6) is 5.75 Å². The molecule has 0 saturated heterocycles. The predicted molar refractivity (Wildman–Crippen MR) is 214 cm³/mol. The van der Waals surface area contributed by atoms with Gasteiger partial charge in [-0.05, 0) is 129 Å². The van der Waals surface area contributed by atoms with Gasteiger partial charge in [-0.3, -0.25) is 4.79 Å². The number of carbonyl (C=O) groups excluding carboxylic acids is 2. The minimum Gasteiger partial charge on any atom is -0.497 e. The molecule has 4 aromatic rings. The Morgan fingerprint density at radius 2 is 1.87 bits per heavy atom. The highest BCUT2D eigenvalue weighted by Gasteiger charge is 2.57. The van der Waals surface area contributed by atoms with Crippen LogP contribution in [0.25, 0.3) is 0 Å². The van der Waals surface area contributed by atoms with Gasteiger partial charge in [0, 0.05) is 45.1 Å². The third kappa shape index (κ3) is 8.92. The second-order valence-corrected chi connectivity index (χ2v) is 16.6. The molecule has 0 unspecified atom stereocenters. The van der Waals surface area contributed by atoms with Gasteiger partial charge in [0.05, 0.1) is 25.4 Å². The summed E-state index contributed by atoms with van der Waals surface area (Å²) in [4.78, 5) is 31.3. The topological polar surface area (TPSA) is 99.1 Å². The largest absolute Gasteiger partial charge is 0.497 e. The molecule has 3 aliphatic carbocycles. The van der Waals surface area contributed by atoms with Crippen molar-refractivity contribution in [3.05, 3.63) is 128 Å². The molecule has 3 aromatic carbocycles. The summed E-state index contributed by atoms with van der Waals surface area (Å²) in [5.41, 5.74) is 1.92. The number of methoxy groups -OCH3 is 1. The first kappa shape index (κ1) is 39.7. The van der Waals surface area contributed by atoms with Crippen LogP contribution >= 0.6 is 22.9 Å². The zero-order valence-electron chi connectivity index (χ0n) is 31.2. The normalized spacial score (nSPS) is 22.9. The molecule has 54 heavy (non-hydrogen) atoms. The van der Waals surface area contributed by atoms with Crippen LogP contribution in [-0.2, 0) is 19.3 Å². The number of amides is 2. The Bertz CT molecular complexity index is 1950. The summed E-state index contributed by atoms with van der Waals surface area (Å²) in [6, 6.07) is 21.1. The van der Waals surface area contributed by atoms with Gasteiger partial charge in [0.2, 0.25) is 0 Å². The molecule has 2 bridgehead atoms. The van der Waals surface area contributed by atoms with E-state index in [0.29, 0.717) is 68.5 Å². The molecule has 0 spiro atoms. The number of benzene rings is 3. The molecule has 2 amide bonds. The number of aliphatic hydroxyl groups is 2. The average Bonchev–Trinajstić information content (AvgIpc) is 3.76. The molecule has 1 saturated carbocycles. The molecular formula is C44H50ClFN2O5S. The quantitative estimate of drug-likeness (QED) is 0.110. The molecule has 3 N–H and O–H groups in total. The van der Waals surface area contributed by atoms with E-state index in [2.05, 4.69) is 25.2 Å². The van der Waals surface area contributed by atoms with Gasteiger partial charge >= 0.3 is 6.03 Å². The highest BCUT2D eigenvalue weighted by molar-refractivity contribution is 7.09. The standard InChI is InChI=1S/C44H50ClFN2O5S/c1-29-7-5-21-43(2)38(35-18-12-30(25-32(49)15-11-29)26-36(35)41(50)27-37-39(45)9-4-10-40(37)46)19-22-44(43,52)28-48(23-20-34-8-6-24-54-34)42(51)47-31-13-16-33(53-3)17-14-31/h4,6-10,12-14,16-18,24,26,32,38,49,52H,5,11,15,19-23,25,27-28H2,1-3H3,(H,47,51)/t32-,38-,43-,44+/m0/s1. The van der Waals surface area contributed by atoms with Crippen LogP contribution in [0.2, 0.25) is 5.02 Å². The van der Waals surface area contributed by atoms with Crippen LogP contribution in [0.1, 0.15) is 90.2 Å². The van der Waals surface area contributed by atoms with Crippen molar-refractivity contribution in [2.45, 2.75) is 89.3 Å². The Balaban J connectivity index is 1.38. The minimum absolute atomic E-state index is 0.0917. The van der Waals surface area contributed by atoms with E-state index >= 15 is 0 Å². The van der Waals surface area contributed by atoms with E-state index in [9.17, 15) is 24.2 Å². The van der Waals surface area contributed by atoms with Crippen molar-refractivity contribution in [3.63, 3.8) is 0 Å². The number of hydrogen-bond acceptors (Lipinski definition) is 6. The number of halogens is 2. The molecule has 3 aliphatic rings. The first-order chi connectivity index (χ1) is 25.9. The second kappa shape index (κ2) is 17.2. The number of anilines is 1. The first-order valence-corrected chi connectivity index (χ1v) is 20.0. The van der Waals surface area contributed by atoms with Crippen LogP contribution in [0.15, 0.2) is 89.8 Å². The summed E-state index contributed by atoms with van der Waals surface area (Å²) < 4.78 is 20.3. The zero-order valence-corrected chi connectivity index (χ0v) is 32.8. The van der Waals surface area contributed by atoms with Crippen LogP contribution in [0.3, 0.4) is 0 Å². The molecular weight excluding hydrogens is 723 g/mol. The maximum atomic E-state index is 15.0. The lowest BCUT2D eigenvalue weighted by atomic mass is 9.64. The van der Waals surface area contributed by atoms with E-state index in [1.807, 2.05) is 35.7 Å². The lowest BCUT2D eigenvalue weighted by Crippen LogP contribution is -2.54. The SMILES string of the molecule is COc1ccc(NC(=O)N(CCc2cccs2)C[C@]2(O)CC[C@H]3c4ccc(cc4C(=O)Cc4c(F)cccc4Cl)C[C@@H](O)CCC(C)=CCC[C@@]32C)cc1. The summed E-state index contributed by atoms with van der Waals surface area (Å²) in [6.07, 6.45) is 5.97. The van der Waals surface area contributed by atoms with E-state index in [1.165, 1.54) is 17.7 Å². The van der Waals surface area contributed by atoms with Gasteiger partial charge in [-0.2, -0.15) is 0 Å². The van der Waals surface area contributed by atoms with Gasteiger partial charge in [0.1, 0.15) is 11.6 Å². The Morgan fingerprint density at radius 3 is 2.59 bits per heavy atom. The molecule has 4 atom stereocenters. The van der Waals surface area contributed by atoms with Crippen molar-refractivity contribution in [1.82, 2.24) is 4.90 Å². The number of aliphatic hydroxyl groups excluding tert-OH is 1. The molecule has 7 rings (SSSR count). The number of ether oxygens (including phenoxy) is 1. The lowest BCUT2D eigenvalue weighted by molar-refractivity contribution is -0.0762. The van der Waals surface area contributed by atoms with E-state index in [4.69, 9.17) is 16.3 Å². The van der Waals surface area contributed by atoms with Crippen molar-refractivity contribution in [2.24, 2.45) is 5.41 Å². The number of nitrogens with one attached hydrogen (secondary N) is 1. The predicted octanol–water partition coefficient (Wildman–Crippen LogP) is 9.79. The van der Waals surface area contributed by atoms with Crippen molar-refractivity contribution in [3.8, 4) is 5.75 Å². The van der Waals surface area contributed by atoms with E-state index in [-0.39, 0.29) is 41.3 Å². The molecule has 286 valence electrons.